The molecule has 7 heteroatoms. The predicted molar refractivity (Wildman–Crippen MR) is 88.8 cm³/mol. The number of benzene rings is 1. The fourth-order valence-corrected chi connectivity index (χ4v) is 2.51. The van der Waals surface area contributed by atoms with E-state index in [0.29, 0.717) is 19.0 Å². The average Bonchev–Trinajstić information content (AvgIpc) is 2.63. The lowest BCUT2D eigenvalue weighted by Gasteiger charge is -2.33. The van der Waals surface area contributed by atoms with Crippen LogP contribution < -0.4 is 10.2 Å². The second-order valence-corrected chi connectivity index (χ2v) is 5.44. The number of carbonyl (C=O) groups is 1. The van der Waals surface area contributed by atoms with E-state index in [1.54, 1.807) is 11.1 Å². The molecule has 1 amide bonds. The SMILES string of the molecule is CCc1ccc(Nc2nncc(N3CCN(C=O)CC3)n2)cc1. The van der Waals surface area contributed by atoms with Crippen LogP contribution >= 0.6 is 0 Å². The maximum atomic E-state index is 10.8. The molecule has 1 fully saturated rings. The van der Waals surface area contributed by atoms with E-state index in [1.807, 2.05) is 12.1 Å². The number of hydrogen-bond acceptors (Lipinski definition) is 6. The Morgan fingerprint density at radius 1 is 1.17 bits per heavy atom. The Kier molecular flexibility index (Phi) is 4.65. The van der Waals surface area contributed by atoms with Gasteiger partial charge in [-0.15, -0.1) is 5.10 Å². The maximum absolute atomic E-state index is 10.8. The zero-order chi connectivity index (χ0) is 16.1. The van der Waals surface area contributed by atoms with Crippen molar-refractivity contribution in [2.24, 2.45) is 0 Å². The first-order chi connectivity index (χ1) is 11.3. The molecule has 1 aliphatic rings. The van der Waals surface area contributed by atoms with Crippen LogP contribution in [0.4, 0.5) is 17.5 Å². The number of carbonyl (C=O) groups excluding carboxylic acids is 1. The fourth-order valence-electron chi connectivity index (χ4n) is 2.51. The van der Waals surface area contributed by atoms with E-state index in [4.69, 9.17) is 0 Å². The Hall–Kier alpha value is -2.70. The van der Waals surface area contributed by atoms with Crippen molar-refractivity contribution >= 4 is 23.9 Å². The molecule has 0 radical (unpaired) electrons. The third kappa shape index (κ3) is 3.74. The van der Waals surface area contributed by atoms with Gasteiger partial charge in [0.1, 0.15) is 0 Å². The van der Waals surface area contributed by atoms with E-state index >= 15 is 0 Å². The highest BCUT2D eigenvalue weighted by Crippen LogP contribution is 2.17. The van der Waals surface area contributed by atoms with Gasteiger partial charge in [-0.05, 0) is 24.1 Å². The van der Waals surface area contributed by atoms with Crippen LogP contribution in [0.3, 0.4) is 0 Å². The van der Waals surface area contributed by atoms with Crippen molar-refractivity contribution in [3.8, 4) is 0 Å². The molecule has 1 aliphatic heterocycles. The van der Waals surface area contributed by atoms with Gasteiger partial charge in [-0.25, -0.2) is 0 Å². The zero-order valence-corrected chi connectivity index (χ0v) is 13.1. The summed E-state index contributed by atoms with van der Waals surface area (Å²) in [6.45, 7) is 5.04. The number of piperazine rings is 1. The van der Waals surface area contributed by atoms with Crippen LogP contribution in [0.15, 0.2) is 30.5 Å². The van der Waals surface area contributed by atoms with Gasteiger partial charge in [-0.2, -0.15) is 10.1 Å². The van der Waals surface area contributed by atoms with Crippen molar-refractivity contribution in [3.63, 3.8) is 0 Å². The molecule has 0 saturated carbocycles. The van der Waals surface area contributed by atoms with Crippen LogP contribution in [-0.2, 0) is 11.2 Å². The molecule has 23 heavy (non-hydrogen) atoms. The monoisotopic (exact) mass is 312 g/mol. The van der Waals surface area contributed by atoms with Crippen LogP contribution in [0, 0.1) is 0 Å². The lowest BCUT2D eigenvalue weighted by atomic mass is 10.1. The highest BCUT2D eigenvalue weighted by atomic mass is 16.1. The number of aromatic nitrogens is 3. The molecule has 2 aromatic rings. The van der Waals surface area contributed by atoms with Gasteiger partial charge in [0.25, 0.3) is 0 Å². The van der Waals surface area contributed by atoms with Crippen LogP contribution in [0.2, 0.25) is 0 Å². The van der Waals surface area contributed by atoms with Gasteiger partial charge < -0.3 is 15.1 Å². The smallest absolute Gasteiger partial charge is 0.249 e. The summed E-state index contributed by atoms with van der Waals surface area (Å²) in [6.07, 6.45) is 3.56. The Morgan fingerprint density at radius 3 is 2.57 bits per heavy atom. The number of nitrogens with zero attached hydrogens (tertiary/aromatic N) is 5. The number of aryl methyl sites for hydroxylation is 1. The third-order valence-corrected chi connectivity index (χ3v) is 3.95. The van der Waals surface area contributed by atoms with E-state index in [2.05, 4.69) is 44.5 Å². The second-order valence-electron chi connectivity index (χ2n) is 5.44. The largest absolute Gasteiger partial charge is 0.352 e. The molecule has 3 rings (SSSR count). The van der Waals surface area contributed by atoms with Crippen molar-refractivity contribution in [1.82, 2.24) is 20.1 Å². The summed E-state index contributed by atoms with van der Waals surface area (Å²) in [5, 5.41) is 11.2. The number of nitrogens with one attached hydrogen (secondary N) is 1. The zero-order valence-electron chi connectivity index (χ0n) is 13.1. The molecule has 1 aromatic carbocycles. The molecular formula is C16H20N6O. The van der Waals surface area contributed by atoms with Crippen LogP contribution in [0.1, 0.15) is 12.5 Å². The van der Waals surface area contributed by atoms with Crippen molar-refractivity contribution in [1.29, 1.82) is 0 Å². The Balaban J connectivity index is 1.68. The third-order valence-electron chi connectivity index (χ3n) is 3.95. The number of rotatable bonds is 5. The first-order valence-electron chi connectivity index (χ1n) is 7.78. The highest BCUT2D eigenvalue weighted by molar-refractivity contribution is 5.55. The summed E-state index contributed by atoms with van der Waals surface area (Å²) >= 11 is 0. The summed E-state index contributed by atoms with van der Waals surface area (Å²) < 4.78 is 0. The van der Waals surface area contributed by atoms with E-state index in [9.17, 15) is 4.79 Å². The van der Waals surface area contributed by atoms with Gasteiger partial charge in [-0.3, -0.25) is 4.79 Å². The quantitative estimate of drug-likeness (QED) is 0.843. The minimum atomic E-state index is 0.476. The van der Waals surface area contributed by atoms with Crippen molar-refractivity contribution in [3.05, 3.63) is 36.0 Å². The summed E-state index contributed by atoms with van der Waals surface area (Å²) in [5.41, 5.74) is 2.23. The van der Waals surface area contributed by atoms with Crippen molar-refractivity contribution in [2.75, 3.05) is 36.4 Å². The molecule has 0 unspecified atom stereocenters. The average molecular weight is 312 g/mol. The van der Waals surface area contributed by atoms with E-state index < -0.39 is 0 Å². The van der Waals surface area contributed by atoms with Gasteiger partial charge in [-0.1, -0.05) is 19.1 Å². The van der Waals surface area contributed by atoms with Crippen molar-refractivity contribution < 1.29 is 4.79 Å². The topological polar surface area (TPSA) is 74.2 Å². The lowest BCUT2D eigenvalue weighted by molar-refractivity contribution is -0.118. The molecule has 0 aliphatic carbocycles. The fraction of sp³-hybridized carbons (Fsp3) is 0.375. The summed E-state index contributed by atoms with van der Waals surface area (Å²) in [7, 11) is 0. The Bertz CT molecular complexity index is 652. The predicted octanol–water partition coefficient (Wildman–Crippen LogP) is 1.46. The molecule has 1 saturated heterocycles. The van der Waals surface area contributed by atoms with Crippen LogP contribution in [0.5, 0.6) is 0 Å². The normalized spacial score (nSPS) is 14.7. The van der Waals surface area contributed by atoms with Crippen LogP contribution in [-0.4, -0.2) is 52.7 Å². The standard InChI is InChI=1S/C16H20N6O/c1-2-13-3-5-14(6-4-13)18-16-19-15(11-17-20-16)22-9-7-21(12-23)8-10-22/h3-6,11-12H,2,7-10H2,1H3,(H,18,19,20). The molecule has 1 N–H and O–H groups in total. The molecule has 7 nitrogen and oxygen atoms in total. The Labute approximate surface area is 135 Å². The molecule has 0 atom stereocenters. The molecule has 2 heterocycles. The first kappa shape index (κ1) is 15.2. The van der Waals surface area contributed by atoms with Gasteiger partial charge in [0, 0.05) is 31.9 Å². The molecule has 120 valence electrons. The van der Waals surface area contributed by atoms with E-state index in [-0.39, 0.29) is 0 Å². The maximum Gasteiger partial charge on any atom is 0.249 e. The molecule has 0 spiro atoms. The van der Waals surface area contributed by atoms with Crippen molar-refractivity contribution in [2.45, 2.75) is 13.3 Å². The number of hydrogen-bond donors (Lipinski definition) is 1. The Morgan fingerprint density at radius 2 is 1.91 bits per heavy atom. The van der Waals surface area contributed by atoms with Gasteiger partial charge in [0.15, 0.2) is 5.82 Å². The minimum absolute atomic E-state index is 0.476. The number of anilines is 3. The van der Waals surface area contributed by atoms with Gasteiger partial charge >= 0.3 is 0 Å². The summed E-state index contributed by atoms with van der Waals surface area (Å²) in [5.74, 6) is 1.25. The van der Waals surface area contributed by atoms with E-state index in [0.717, 1.165) is 37.4 Å². The lowest BCUT2D eigenvalue weighted by Crippen LogP contribution is -2.46. The van der Waals surface area contributed by atoms with Crippen LogP contribution in [0.25, 0.3) is 0 Å². The highest BCUT2D eigenvalue weighted by Gasteiger charge is 2.17. The van der Waals surface area contributed by atoms with E-state index in [1.165, 1.54) is 5.56 Å². The van der Waals surface area contributed by atoms with Gasteiger partial charge in [0.2, 0.25) is 12.4 Å². The molecule has 0 bridgehead atoms. The number of amides is 1. The second kappa shape index (κ2) is 7.04. The first-order valence-corrected chi connectivity index (χ1v) is 7.78. The molecular weight excluding hydrogens is 292 g/mol. The summed E-state index contributed by atoms with van der Waals surface area (Å²) in [4.78, 5) is 19.2. The minimum Gasteiger partial charge on any atom is -0.352 e. The van der Waals surface area contributed by atoms with Gasteiger partial charge in [0.05, 0.1) is 6.20 Å². The summed E-state index contributed by atoms with van der Waals surface area (Å²) in [6, 6.07) is 8.19. The molecule has 1 aromatic heterocycles.